The van der Waals surface area contributed by atoms with Crippen LogP contribution in [0.5, 0.6) is 5.75 Å². The van der Waals surface area contributed by atoms with Gasteiger partial charge in [0.1, 0.15) is 5.75 Å². The van der Waals surface area contributed by atoms with Crippen LogP contribution < -0.4 is 4.74 Å². The van der Waals surface area contributed by atoms with E-state index in [1.54, 1.807) is 42.5 Å². The number of hydrogen-bond acceptors (Lipinski definition) is 3. The molecule has 0 saturated carbocycles. The van der Waals surface area contributed by atoms with Gasteiger partial charge in [-0.2, -0.15) is 0 Å². The molecule has 0 atom stereocenters. The van der Waals surface area contributed by atoms with Crippen molar-refractivity contribution in [3.8, 4) is 5.75 Å². The summed E-state index contributed by atoms with van der Waals surface area (Å²) in [7, 11) is 0. The molecule has 0 aliphatic heterocycles. The number of hydrogen-bond donors (Lipinski definition) is 0. The predicted octanol–water partition coefficient (Wildman–Crippen LogP) is 3.86. The topological polar surface area (TPSA) is 52.4 Å². The smallest absolute Gasteiger partial charge is 0.277 e. The first-order valence-electron chi connectivity index (χ1n) is 6.35. The van der Waals surface area contributed by atoms with Gasteiger partial charge in [0, 0.05) is 11.6 Å². The molecule has 2 rings (SSSR count). The van der Waals surface area contributed by atoms with Crippen molar-refractivity contribution in [1.29, 1.82) is 0 Å². The molecule has 0 amide bonds. The lowest BCUT2D eigenvalue weighted by molar-refractivity contribution is -0.374. The van der Waals surface area contributed by atoms with Crippen LogP contribution in [-0.4, -0.2) is 11.5 Å². The highest BCUT2D eigenvalue weighted by Gasteiger charge is 2.14. The SMILES string of the molecule is CCOc1ccccc1C=C(c1ccccc1)[N+](=O)[O-]. The van der Waals surface area contributed by atoms with Crippen molar-refractivity contribution in [2.24, 2.45) is 0 Å². The molecule has 0 heterocycles. The Balaban J connectivity index is 2.47. The standard InChI is InChI=1S/C16H15NO3/c1-2-20-16-11-7-6-10-14(16)12-15(17(18)19)13-8-4-3-5-9-13/h3-12H,2H2,1H3. The second-order valence-electron chi connectivity index (χ2n) is 4.12. The fourth-order valence-corrected chi connectivity index (χ4v) is 1.88. The Kier molecular flexibility index (Phi) is 4.50. The van der Waals surface area contributed by atoms with Gasteiger partial charge < -0.3 is 4.74 Å². The summed E-state index contributed by atoms with van der Waals surface area (Å²) in [5.74, 6) is 0.644. The molecule has 0 saturated heterocycles. The first kappa shape index (κ1) is 13.8. The van der Waals surface area contributed by atoms with Gasteiger partial charge in [0.15, 0.2) is 0 Å². The van der Waals surface area contributed by atoms with E-state index in [9.17, 15) is 10.1 Å². The van der Waals surface area contributed by atoms with Crippen LogP contribution in [-0.2, 0) is 0 Å². The first-order valence-corrected chi connectivity index (χ1v) is 6.35. The third kappa shape index (κ3) is 3.23. The van der Waals surface area contributed by atoms with Crippen molar-refractivity contribution in [2.45, 2.75) is 6.92 Å². The van der Waals surface area contributed by atoms with E-state index in [4.69, 9.17) is 4.74 Å². The van der Waals surface area contributed by atoms with E-state index in [2.05, 4.69) is 0 Å². The van der Waals surface area contributed by atoms with Crippen LogP contribution in [0, 0.1) is 10.1 Å². The minimum Gasteiger partial charge on any atom is -0.493 e. The highest BCUT2D eigenvalue weighted by molar-refractivity contribution is 5.78. The molecule has 102 valence electrons. The number of ether oxygens (including phenoxy) is 1. The number of nitrogens with zero attached hydrogens (tertiary/aromatic N) is 1. The Hall–Kier alpha value is -2.62. The Morgan fingerprint density at radius 3 is 2.45 bits per heavy atom. The second kappa shape index (κ2) is 6.52. The van der Waals surface area contributed by atoms with Crippen molar-refractivity contribution in [3.05, 3.63) is 75.8 Å². The van der Waals surface area contributed by atoms with Crippen molar-refractivity contribution < 1.29 is 9.66 Å². The third-order valence-corrected chi connectivity index (χ3v) is 2.78. The molecule has 0 unspecified atom stereocenters. The predicted molar refractivity (Wildman–Crippen MR) is 78.9 cm³/mol. The van der Waals surface area contributed by atoms with Crippen LogP contribution in [0.1, 0.15) is 18.1 Å². The maximum absolute atomic E-state index is 11.3. The van der Waals surface area contributed by atoms with Gasteiger partial charge in [0.25, 0.3) is 5.70 Å². The van der Waals surface area contributed by atoms with E-state index in [-0.39, 0.29) is 10.6 Å². The molecule has 0 N–H and O–H groups in total. The van der Waals surface area contributed by atoms with E-state index in [1.807, 2.05) is 25.1 Å². The molecule has 0 bridgehead atoms. The van der Waals surface area contributed by atoms with E-state index in [1.165, 1.54) is 0 Å². The van der Waals surface area contributed by atoms with Crippen LogP contribution >= 0.6 is 0 Å². The van der Waals surface area contributed by atoms with E-state index >= 15 is 0 Å². The molecule has 2 aromatic carbocycles. The van der Waals surface area contributed by atoms with Crippen molar-refractivity contribution in [2.75, 3.05) is 6.61 Å². The number of rotatable bonds is 5. The normalized spacial score (nSPS) is 11.2. The Morgan fingerprint density at radius 2 is 1.80 bits per heavy atom. The van der Waals surface area contributed by atoms with Crippen molar-refractivity contribution >= 4 is 11.8 Å². The Bertz CT molecular complexity index is 621. The van der Waals surface area contributed by atoms with Crippen LogP contribution in [0.4, 0.5) is 0 Å². The summed E-state index contributed by atoms with van der Waals surface area (Å²) in [4.78, 5) is 10.9. The number of nitro groups is 1. The van der Waals surface area contributed by atoms with Crippen molar-refractivity contribution in [3.63, 3.8) is 0 Å². The summed E-state index contributed by atoms with van der Waals surface area (Å²) in [6.07, 6.45) is 1.54. The monoisotopic (exact) mass is 269 g/mol. The molecule has 0 aromatic heterocycles. The van der Waals surface area contributed by atoms with Gasteiger partial charge in [-0.15, -0.1) is 0 Å². The van der Waals surface area contributed by atoms with Gasteiger partial charge in [-0.1, -0.05) is 36.4 Å². The molecule has 20 heavy (non-hydrogen) atoms. The quantitative estimate of drug-likeness (QED) is 0.470. The van der Waals surface area contributed by atoms with Crippen LogP contribution in [0.25, 0.3) is 11.8 Å². The highest BCUT2D eigenvalue weighted by atomic mass is 16.6. The van der Waals surface area contributed by atoms with Gasteiger partial charge >= 0.3 is 0 Å². The van der Waals surface area contributed by atoms with Gasteiger partial charge in [-0.05, 0) is 25.1 Å². The van der Waals surface area contributed by atoms with Crippen LogP contribution in [0.3, 0.4) is 0 Å². The highest BCUT2D eigenvalue weighted by Crippen LogP contribution is 2.25. The van der Waals surface area contributed by atoms with Gasteiger partial charge in [0.2, 0.25) is 0 Å². The number of para-hydroxylation sites is 1. The van der Waals surface area contributed by atoms with Crippen LogP contribution in [0.15, 0.2) is 54.6 Å². The fraction of sp³-hybridized carbons (Fsp3) is 0.125. The summed E-state index contributed by atoms with van der Waals surface area (Å²) in [6.45, 7) is 2.40. The molecule has 0 radical (unpaired) electrons. The molecule has 4 nitrogen and oxygen atoms in total. The summed E-state index contributed by atoms with van der Waals surface area (Å²) in [5.41, 5.74) is 1.33. The van der Waals surface area contributed by atoms with Crippen molar-refractivity contribution in [1.82, 2.24) is 0 Å². The average Bonchev–Trinajstić information content (AvgIpc) is 2.47. The molecule has 0 spiro atoms. The average molecular weight is 269 g/mol. The third-order valence-electron chi connectivity index (χ3n) is 2.78. The van der Waals surface area contributed by atoms with E-state index in [0.717, 1.165) is 0 Å². The van der Waals surface area contributed by atoms with Gasteiger partial charge in [0.05, 0.1) is 17.1 Å². The molecule has 2 aromatic rings. The molecule has 0 aliphatic carbocycles. The summed E-state index contributed by atoms with van der Waals surface area (Å²) in [6, 6.07) is 16.1. The fourth-order valence-electron chi connectivity index (χ4n) is 1.88. The van der Waals surface area contributed by atoms with E-state index < -0.39 is 0 Å². The Labute approximate surface area is 117 Å². The maximum atomic E-state index is 11.3. The Morgan fingerprint density at radius 1 is 1.15 bits per heavy atom. The summed E-state index contributed by atoms with van der Waals surface area (Å²) in [5, 5.41) is 11.3. The molecule has 0 aliphatic rings. The largest absolute Gasteiger partial charge is 0.493 e. The lowest BCUT2D eigenvalue weighted by Crippen LogP contribution is -1.99. The number of benzene rings is 2. The molecular formula is C16H15NO3. The maximum Gasteiger partial charge on any atom is 0.277 e. The summed E-state index contributed by atoms with van der Waals surface area (Å²) < 4.78 is 5.49. The van der Waals surface area contributed by atoms with Gasteiger partial charge in [-0.25, -0.2) is 0 Å². The minimum absolute atomic E-state index is 0.0535. The molecule has 0 fully saturated rings. The second-order valence-corrected chi connectivity index (χ2v) is 4.12. The summed E-state index contributed by atoms with van der Waals surface area (Å²) >= 11 is 0. The zero-order chi connectivity index (χ0) is 14.4. The zero-order valence-electron chi connectivity index (χ0n) is 11.2. The first-order chi connectivity index (χ1) is 9.72. The zero-order valence-corrected chi connectivity index (χ0v) is 11.2. The van der Waals surface area contributed by atoms with Crippen LogP contribution in [0.2, 0.25) is 0 Å². The van der Waals surface area contributed by atoms with Gasteiger partial charge in [-0.3, -0.25) is 10.1 Å². The lowest BCUT2D eigenvalue weighted by atomic mass is 10.1. The lowest BCUT2D eigenvalue weighted by Gasteiger charge is -2.06. The minimum atomic E-state index is -0.377. The molecule has 4 heteroatoms. The van der Waals surface area contributed by atoms with E-state index in [0.29, 0.717) is 23.5 Å². The molecular weight excluding hydrogens is 254 g/mol.